The molecule has 1 aromatic carbocycles. The third-order valence-electron chi connectivity index (χ3n) is 1.68. The molecule has 6 heteroatoms. The van der Waals surface area contributed by atoms with Gasteiger partial charge in [0, 0.05) is 7.11 Å². The monoisotopic (exact) mass is 234 g/mol. The average Bonchev–Trinajstić information content (AvgIpc) is 2.17. The van der Waals surface area contributed by atoms with Gasteiger partial charge in [0.05, 0.1) is 5.56 Å². The van der Waals surface area contributed by atoms with Crippen LogP contribution < -0.4 is 4.74 Å². The number of hydrogen-bond donors (Lipinski definition) is 0. The number of halogens is 3. The topological polar surface area (TPSA) is 35.5 Å². The lowest BCUT2D eigenvalue weighted by Crippen LogP contribution is -2.14. The lowest BCUT2D eigenvalue weighted by Gasteiger charge is -2.07. The van der Waals surface area contributed by atoms with Gasteiger partial charge in [-0.3, -0.25) is 0 Å². The Morgan fingerprint density at radius 3 is 2.25 bits per heavy atom. The van der Waals surface area contributed by atoms with Gasteiger partial charge in [0.15, 0.2) is 0 Å². The van der Waals surface area contributed by atoms with Crippen LogP contribution in [-0.4, -0.2) is 19.7 Å². The van der Waals surface area contributed by atoms with Crippen LogP contribution in [0.3, 0.4) is 0 Å². The molecule has 0 unspecified atom stereocenters. The highest BCUT2D eigenvalue weighted by molar-refractivity contribution is 5.73. The summed E-state index contributed by atoms with van der Waals surface area (Å²) in [5, 5.41) is 0. The maximum atomic E-state index is 12.2. The van der Waals surface area contributed by atoms with Crippen LogP contribution in [0.4, 0.5) is 13.2 Å². The number of esters is 1. The molecule has 0 atom stereocenters. The molecule has 0 aliphatic rings. The van der Waals surface area contributed by atoms with E-state index >= 15 is 0 Å². The molecule has 16 heavy (non-hydrogen) atoms. The first-order valence-corrected chi connectivity index (χ1v) is 4.30. The first-order chi connectivity index (χ1) is 7.43. The van der Waals surface area contributed by atoms with E-state index in [9.17, 15) is 18.0 Å². The first kappa shape index (κ1) is 12.5. The van der Waals surface area contributed by atoms with Gasteiger partial charge in [0.2, 0.25) is 0 Å². The van der Waals surface area contributed by atoms with Crippen molar-refractivity contribution in [3.8, 4) is 5.75 Å². The van der Waals surface area contributed by atoms with Gasteiger partial charge in [-0.25, -0.2) is 4.79 Å². The normalized spacial score (nSPS) is 11.2. The highest BCUT2D eigenvalue weighted by Gasteiger charge is 2.30. The average molecular weight is 234 g/mol. The van der Waals surface area contributed by atoms with E-state index in [1.54, 1.807) is 0 Å². The first-order valence-electron chi connectivity index (χ1n) is 4.30. The Morgan fingerprint density at radius 1 is 1.25 bits per heavy atom. The molecule has 0 aliphatic carbocycles. The summed E-state index contributed by atoms with van der Waals surface area (Å²) in [5.41, 5.74) is -0.793. The summed E-state index contributed by atoms with van der Waals surface area (Å²) in [6, 6.07) is 3.84. The molecule has 3 nitrogen and oxygen atoms in total. The van der Waals surface area contributed by atoms with Crippen molar-refractivity contribution in [2.45, 2.75) is 6.18 Å². The van der Waals surface area contributed by atoms with Crippen LogP contribution in [0.15, 0.2) is 24.3 Å². The zero-order valence-electron chi connectivity index (χ0n) is 8.38. The second-order valence-electron chi connectivity index (χ2n) is 2.93. The van der Waals surface area contributed by atoms with Gasteiger partial charge < -0.3 is 9.47 Å². The van der Waals surface area contributed by atoms with E-state index < -0.39 is 17.7 Å². The van der Waals surface area contributed by atoms with Crippen LogP contribution in [0.5, 0.6) is 5.75 Å². The molecule has 0 radical (unpaired) electrons. The summed E-state index contributed by atoms with van der Waals surface area (Å²) < 4.78 is 45.7. The number of methoxy groups -OCH3 is 1. The van der Waals surface area contributed by atoms with E-state index in [1.165, 1.54) is 7.11 Å². The van der Waals surface area contributed by atoms with Gasteiger partial charge in [-0.1, -0.05) is 0 Å². The summed E-state index contributed by atoms with van der Waals surface area (Å²) in [6.07, 6.45) is -4.39. The van der Waals surface area contributed by atoms with Crippen molar-refractivity contribution < 1.29 is 27.4 Å². The predicted molar refractivity (Wildman–Crippen MR) is 49.0 cm³/mol. The second-order valence-corrected chi connectivity index (χ2v) is 2.93. The van der Waals surface area contributed by atoms with Crippen molar-refractivity contribution in [1.29, 1.82) is 0 Å². The van der Waals surface area contributed by atoms with Gasteiger partial charge in [-0.15, -0.1) is 0 Å². The summed E-state index contributed by atoms with van der Waals surface area (Å²) in [6.45, 7) is -0.249. The molecular formula is C10H9F3O3. The predicted octanol–water partition coefficient (Wildman–Crippen LogP) is 2.26. The van der Waals surface area contributed by atoms with Crippen molar-refractivity contribution >= 4 is 5.97 Å². The number of hydrogen-bond acceptors (Lipinski definition) is 3. The van der Waals surface area contributed by atoms with Crippen LogP contribution in [0.1, 0.15) is 5.56 Å². The van der Waals surface area contributed by atoms with E-state index in [2.05, 4.69) is 4.74 Å². The van der Waals surface area contributed by atoms with Crippen molar-refractivity contribution in [2.75, 3.05) is 13.7 Å². The van der Waals surface area contributed by atoms with Gasteiger partial charge in [-0.2, -0.15) is 13.2 Å². The molecule has 0 saturated heterocycles. The van der Waals surface area contributed by atoms with Gasteiger partial charge in [0.1, 0.15) is 12.4 Å². The molecular weight excluding hydrogens is 225 g/mol. The molecule has 0 aromatic heterocycles. The van der Waals surface area contributed by atoms with Crippen molar-refractivity contribution in [3.05, 3.63) is 29.8 Å². The Bertz CT molecular complexity index is 357. The van der Waals surface area contributed by atoms with Crippen molar-refractivity contribution in [2.24, 2.45) is 0 Å². The molecule has 0 N–H and O–H groups in total. The minimum absolute atomic E-state index is 0.0510. The molecule has 0 aliphatic heterocycles. The lowest BCUT2D eigenvalue weighted by atomic mass is 10.2. The molecule has 0 amide bonds. The van der Waals surface area contributed by atoms with Crippen LogP contribution >= 0.6 is 0 Å². The number of carbonyl (C=O) groups excluding carboxylic acids is 1. The zero-order chi connectivity index (χ0) is 12.2. The van der Waals surface area contributed by atoms with Crippen LogP contribution in [0.25, 0.3) is 0 Å². The molecule has 0 heterocycles. The van der Waals surface area contributed by atoms with E-state index in [1.807, 2.05) is 0 Å². The Labute approximate surface area is 89.8 Å². The van der Waals surface area contributed by atoms with E-state index in [0.717, 1.165) is 24.3 Å². The highest BCUT2D eigenvalue weighted by Crippen LogP contribution is 2.30. The molecule has 0 saturated carbocycles. The van der Waals surface area contributed by atoms with E-state index in [4.69, 9.17) is 4.74 Å². The van der Waals surface area contributed by atoms with Crippen molar-refractivity contribution in [1.82, 2.24) is 0 Å². The smallest absolute Gasteiger partial charge is 0.416 e. The maximum absolute atomic E-state index is 12.2. The Balaban J connectivity index is 2.69. The highest BCUT2D eigenvalue weighted by atomic mass is 19.4. The molecule has 0 spiro atoms. The SMILES string of the molecule is COCC(=O)Oc1ccc(C(F)(F)F)cc1. The summed E-state index contributed by atoms with van der Waals surface area (Å²) >= 11 is 0. The van der Waals surface area contributed by atoms with Crippen molar-refractivity contribution in [3.63, 3.8) is 0 Å². The van der Waals surface area contributed by atoms with Gasteiger partial charge in [0.25, 0.3) is 0 Å². The van der Waals surface area contributed by atoms with Crippen LogP contribution in [0.2, 0.25) is 0 Å². The summed E-state index contributed by atoms with van der Waals surface area (Å²) in [7, 11) is 1.31. The lowest BCUT2D eigenvalue weighted by molar-refractivity contribution is -0.138. The fourth-order valence-electron chi connectivity index (χ4n) is 0.991. The fraction of sp³-hybridized carbons (Fsp3) is 0.300. The third kappa shape index (κ3) is 3.54. The number of alkyl halides is 3. The quantitative estimate of drug-likeness (QED) is 0.594. The standard InChI is InChI=1S/C10H9F3O3/c1-15-6-9(14)16-8-4-2-7(3-5-8)10(11,12)13/h2-5H,6H2,1H3. The molecule has 0 fully saturated rings. The molecule has 0 bridgehead atoms. The third-order valence-corrected chi connectivity index (χ3v) is 1.68. The summed E-state index contributed by atoms with van der Waals surface area (Å²) in [5.74, 6) is -0.614. The number of ether oxygens (including phenoxy) is 2. The largest absolute Gasteiger partial charge is 0.425 e. The van der Waals surface area contributed by atoms with Gasteiger partial charge >= 0.3 is 12.1 Å². The minimum atomic E-state index is -4.39. The molecule has 88 valence electrons. The Hall–Kier alpha value is -1.56. The van der Waals surface area contributed by atoms with Crippen LogP contribution in [0, 0.1) is 0 Å². The zero-order valence-corrected chi connectivity index (χ0v) is 8.38. The Kier molecular flexibility index (Phi) is 3.89. The fourth-order valence-corrected chi connectivity index (χ4v) is 0.991. The number of carbonyl (C=O) groups is 1. The second kappa shape index (κ2) is 4.98. The van der Waals surface area contributed by atoms with E-state index in [-0.39, 0.29) is 12.4 Å². The summed E-state index contributed by atoms with van der Waals surface area (Å²) in [4.78, 5) is 10.9. The Morgan fingerprint density at radius 2 is 1.81 bits per heavy atom. The molecule has 1 aromatic rings. The number of benzene rings is 1. The minimum Gasteiger partial charge on any atom is -0.425 e. The van der Waals surface area contributed by atoms with Crippen LogP contribution in [-0.2, 0) is 15.7 Å². The van der Waals surface area contributed by atoms with E-state index in [0.29, 0.717) is 0 Å². The number of rotatable bonds is 3. The van der Waals surface area contributed by atoms with Gasteiger partial charge in [-0.05, 0) is 24.3 Å². The maximum Gasteiger partial charge on any atom is 0.416 e. The molecule has 1 rings (SSSR count).